The molecule has 0 fully saturated rings. The minimum absolute atomic E-state index is 0.000441. The standard InChI is InChI=1S/C13H20ClNO/c1-13(2,3)12(15)8-11(16)9-5-4-6-10(14)7-9/h4-7,11-12,16H,8,15H2,1-3H3/t11-,12+/m1/s1. The molecule has 0 saturated heterocycles. The van der Waals surface area contributed by atoms with Gasteiger partial charge in [0.25, 0.3) is 0 Å². The maximum Gasteiger partial charge on any atom is 0.0805 e. The highest BCUT2D eigenvalue weighted by Gasteiger charge is 2.23. The van der Waals surface area contributed by atoms with Crippen molar-refractivity contribution in [2.75, 3.05) is 0 Å². The van der Waals surface area contributed by atoms with Crippen molar-refractivity contribution in [2.24, 2.45) is 11.1 Å². The Labute approximate surface area is 102 Å². The van der Waals surface area contributed by atoms with Crippen molar-refractivity contribution in [2.45, 2.75) is 39.3 Å². The molecule has 0 aromatic heterocycles. The highest BCUT2D eigenvalue weighted by atomic mass is 35.5. The summed E-state index contributed by atoms with van der Waals surface area (Å²) in [5, 5.41) is 10.7. The Kier molecular flexibility index (Phi) is 4.36. The van der Waals surface area contributed by atoms with Gasteiger partial charge in [0.15, 0.2) is 0 Å². The predicted octanol–water partition coefficient (Wildman–Crippen LogP) is 3.14. The molecule has 0 aliphatic rings. The zero-order chi connectivity index (χ0) is 12.3. The van der Waals surface area contributed by atoms with E-state index >= 15 is 0 Å². The number of hydrogen-bond donors (Lipinski definition) is 2. The normalized spacial score (nSPS) is 15.9. The second kappa shape index (κ2) is 5.17. The number of nitrogens with two attached hydrogens (primary N) is 1. The van der Waals surface area contributed by atoms with Crippen LogP contribution in [0.15, 0.2) is 24.3 Å². The SMILES string of the molecule is CC(C)(C)[C@@H](N)C[C@@H](O)c1cccc(Cl)c1. The topological polar surface area (TPSA) is 46.2 Å². The first kappa shape index (κ1) is 13.5. The molecule has 0 heterocycles. The van der Waals surface area contributed by atoms with Crippen LogP contribution in [0, 0.1) is 5.41 Å². The number of rotatable bonds is 3. The van der Waals surface area contributed by atoms with E-state index in [2.05, 4.69) is 20.8 Å². The number of aliphatic hydroxyl groups excluding tert-OH is 1. The van der Waals surface area contributed by atoms with Gasteiger partial charge in [0.05, 0.1) is 6.10 Å². The van der Waals surface area contributed by atoms with Gasteiger partial charge in [0, 0.05) is 11.1 Å². The van der Waals surface area contributed by atoms with Crippen LogP contribution < -0.4 is 5.73 Å². The van der Waals surface area contributed by atoms with Gasteiger partial charge in [-0.25, -0.2) is 0 Å². The molecule has 2 nitrogen and oxygen atoms in total. The van der Waals surface area contributed by atoms with E-state index in [-0.39, 0.29) is 11.5 Å². The van der Waals surface area contributed by atoms with E-state index in [1.807, 2.05) is 12.1 Å². The molecule has 1 aromatic carbocycles. The Bertz CT molecular complexity index is 346. The highest BCUT2D eigenvalue weighted by molar-refractivity contribution is 6.30. The van der Waals surface area contributed by atoms with E-state index in [1.165, 1.54) is 0 Å². The van der Waals surface area contributed by atoms with Crippen LogP contribution >= 0.6 is 11.6 Å². The van der Waals surface area contributed by atoms with Gasteiger partial charge < -0.3 is 10.8 Å². The lowest BCUT2D eigenvalue weighted by atomic mass is 9.83. The average molecular weight is 242 g/mol. The second-order valence-corrected chi connectivity index (χ2v) is 5.72. The van der Waals surface area contributed by atoms with E-state index in [4.69, 9.17) is 17.3 Å². The van der Waals surface area contributed by atoms with Crippen molar-refractivity contribution in [3.8, 4) is 0 Å². The molecule has 1 rings (SSSR count). The predicted molar refractivity (Wildman–Crippen MR) is 68.5 cm³/mol. The van der Waals surface area contributed by atoms with Gasteiger partial charge in [-0.05, 0) is 29.5 Å². The van der Waals surface area contributed by atoms with Gasteiger partial charge in [-0.3, -0.25) is 0 Å². The summed E-state index contributed by atoms with van der Waals surface area (Å²) in [7, 11) is 0. The molecule has 0 aliphatic heterocycles. The van der Waals surface area contributed by atoms with Crippen molar-refractivity contribution in [1.82, 2.24) is 0 Å². The lowest BCUT2D eigenvalue weighted by Gasteiger charge is -2.29. The van der Waals surface area contributed by atoms with E-state index in [1.54, 1.807) is 12.1 Å². The zero-order valence-electron chi connectivity index (χ0n) is 10.1. The zero-order valence-corrected chi connectivity index (χ0v) is 10.8. The van der Waals surface area contributed by atoms with Gasteiger partial charge in [-0.2, -0.15) is 0 Å². The van der Waals surface area contributed by atoms with Crippen LogP contribution in [-0.4, -0.2) is 11.1 Å². The molecule has 0 unspecified atom stereocenters. The Morgan fingerprint density at radius 3 is 2.50 bits per heavy atom. The molecule has 2 atom stereocenters. The van der Waals surface area contributed by atoms with Crippen LogP contribution in [0.2, 0.25) is 5.02 Å². The fourth-order valence-corrected chi connectivity index (χ4v) is 1.64. The van der Waals surface area contributed by atoms with Crippen molar-refractivity contribution >= 4 is 11.6 Å². The van der Waals surface area contributed by atoms with E-state index in [9.17, 15) is 5.11 Å². The Hall–Kier alpha value is -0.570. The van der Waals surface area contributed by atoms with Crippen LogP contribution in [0.25, 0.3) is 0 Å². The Morgan fingerprint density at radius 1 is 1.38 bits per heavy atom. The number of benzene rings is 1. The molecular weight excluding hydrogens is 222 g/mol. The van der Waals surface area contributed by atoms with Crippen molar-refractivity contribution in [3.63, 3.8) is 0 Å². The molecule has 0 spiro atoms. The van der Waals surface area contributed by atoms with E-state index in [0.717, 1.165) is 5.56 Å². The number of hydrogen-bond acceptors (Lipinski definition) is 2. The third kappa shape index (κ3) is 3.78. The fourth-order valence-electron chi connectivity index (χ4n) is 1.44. The molecule has 3 heteroatoms. The molecule has 3 N–H and O–H groups in total. The third-order valence-corrected chi connectivity index (χ3v) is 3.06. The molecule has 16 heavy (non-hydrogen) atoms. The highest BCUT2D eigenvalue weighted by Crippen LogP contribution is 2.27. The van der Waals surface area contributed by atoms with Crippen molar-refractivity contribution in [1.29, 1.82) is 0 Å². The number of aliphatic hydroxyl groups is 1. The van der Waals surface area contributed by atoms with Gasteiger partial charge >= 0.3 is 0 Å². The molecule has 0 radical (unpaired) electrons. The molecule has 0 saturated carbocycles. The van der Waals surface area contributed by atoms with Crippen LogP contribution in [0.3, 0.4) is 0 Å². The molecule has 0 aliphatic carbocycles. The molecular formula is C13H20ClNO. The van der Waals surface area contributed by atoms with Gasteiger partial charge in [-0.15, -0.1) is 0 Å². The number of halogens is 1. The first-order valence-corrected chi connectivity index (χ1v) is 5.87. The summed E-state index contributed by atoms with van der Waals surface area (Å²) in [6, 6.07) is 7.24. The van der Waals surface area contributed by atoms with E-state index in [0.29, 0.717) is 11.4 Å². The Morgan fingerprint density at radius 2 is 2.00 bits per heavy atom. The summed E-state index contributed by atoms with van der Waals surface area (Å²) < 4.78 is 0. The fraction of sp³-hybridized carbons (Fsp3) is 0.538. The summed E-state index contributed by atoms with van der Waals surface area (Å²) in [5.41, 5.74) is 6.86. The second-order valence-electron chi connectivity index (χ2n) is 5.28. The first-order valence-electron chi connectivity index (χ1n) is 5.50. The quantitative estimate of drug-likeness (QED) is 0.854. The summed E-state index contributed by atoms with van der Waals surface area (Å²) in [6.07, 6.45) is -0.00274. The maximum absolute atomic E-state index is 10.0. The van der Waals surface area contributed by atoms with Gasteiger partial charge in [0.2, 0.25) is 0 Å². The Balaban J connectivity index is 2.69. The van der Waals surface area contributed by atoms with Crippen LogP contribution in [-0.2, 0) is 0 Å². The summed E-state index contributed by atoms with van der Waals surface area (Å²) in [6.45, 7) is 6.22. The summed E-state index contributed by atoms with van der Waals surface area (Å²) in [5.74, 6) is 0. The molecule has 0 bridgehead atoms. The van der Waals surface area contributed by atoms with Crippen LogP contribution in [0.5, 0.6) is 0 Å². The smallest absolute Gasteiger partial charge is 0.0805 e. The van der Waals surface area contributed by atoms with E-state index < -0.39 is 6.10 Å². The summed E-state index contributed by atoms with van der Waals surface area (Å²) in [4.78, 5) is 0. The van der Waals surface area contributed by atoms with Crippen LogP contribution in [0.4, 0.5) is 0 Å². The minimum Gasteiger partial charge on any atom is -0.388 e. The maximum atomic E-state index is 10.0. The monoisotopic (exact) mass is 241 g/mol. The minimum atomic E-state index is -0.548. The lowest BCUT2D eigenvalue weighted by molar-refractivity contribution is 0.133. The lowest BCUT2D eigenvalue weighted by Crippen LogP contribution is -2.36. The van der Waals surface area contributed by atoms with Crippen LogP contribution in [0.1, 0.15) is 38.9 Å². The molecule has 90 valence electrons. The third-order valence-electron chi connectivity index (χ3n) is 2.82. The largest absolute Gasteiger partial charge is 0.388 e. The molecule has 0 amide bonds. The van der Waals surface area contributed by atoms with Gasteiger partial charge in [-0.1, -0.05) is 44.5 Å². The first-order chi connectivity index (χ1) is 7.30. The van der Waals surface area contributed by atoms with Crippen molar-refractivity contribution in [3.05, 3.63) is 34.9 Å². The average Bonchev–Trinajstić information content (AvgIpc) is 2.16. The van der Waals surface area contributed by atoms with Crippen molar-refractivity contribution < 1.29 is 5.11 Å². The van der Waals surface area contributed by atoms with Gasteiger partial charge in [0.1, 0.15) is 0 Å². The molecule has 1 aromatic rings. The summed E-state index contributed by atoms with van der Waals surface area (Å²) >= 11 is 5.87.